The molecule has 2 aromatic heterocycles. The number of benzene rings is 3. The van der Waals surface area contributed by atoms with E-state index in [2.05, 4.69) is 38.4 Å². The van der Waals surface area contributed by atoms with E-state index in [9.17, 15) is 9.90 Å². The lowest BCUT2D eigenvalue weighted by atomic mass is 9.91. The van der Waals surface area contributed by atoms with Crippen LogP contribution in [0.4, 0.5) is 16.3 Å². The minimum Gasteiger partial charge on any atom is -0.447 e. The van der Waals surface area contributed by atoms with E-state index < -0.39 is 11.6 Å². The van der Waals surface area contributed by atoms with Crippen LogP contribution in [-0.4, -0.2) is 38.9 Å². The molecule has 1 fully saturated rings. The van der Waals surface area contributed by atoms with Gasteiger partial charge in [0.15, 0.2) is 5.82 Å². The number of anilines is 2. The van der Waals surface area contributed by atoms with Crippen LogP contribution in [0.15, 0.2) is 97.2 Å². The molecule has 2 aliphatic heterocycles. The molecule has 3 aromatic carbocycles. The normalized spacial score (nSPS) is 17.3. The average Bonchev–Trinajstić information content (AvgIpc) is 3.52. The van der Waals surface area contributed by atoms with Crippen LogP contribution >= 0.6 is 0 Å². The molecule has 1 atom stereocenters. The first-order valence-electron chi connectivity index (χ1n) is 12.3. The van der Waals surface area contributed by atoms with E-state index in [4.69, 9.17) is 9.72 Å². The molecule has 1 unspecified atom stereocenters. The Balaban J connectivity index is 1.49. The number of carbonyl (C=O) groups excluding carboxylic acids is 1. The largest absolute Gasteiger partial charge is 0.447 e. The molecule has 5 aromatic rings. The lowest BCUT2D eigenvalue weighted by Crippen LogP contribution is -2.43. The number of aromatic nitrogens is 3. The van der Waals surface area contributed by atoms with E-state index in [-0.39, 0.29) is 13.2 Å². The summed E-state index contributed by atoms with van der Waals surface area (Å²) >= 11 is 0. The molecule has 7 rings (SSSR count). The Morgan fingerprint density at radius 1 is 0.921 bits per heavy atom. The van der Waals surface area contributed by atoms with Gasteiger partial charge in [-0.1, -0.05) is 66.7 Å². The molecule has 38 heavy (non-hydrogen) atoms. The van der Waals surface area contributed by atoms with Gasteiger partial charge in [0.1, 0.15) is 18.0 Å². The Bertz CT molecular complexity index is 1680. The summed E-state index contributed by atoms with van der Waals surface area (Å²) in [4.78, 5) is 21.7. The van der Waals surface area contributed by atoms with E-state index in [1.807, 2.05) is 72.8 Å². The van der Waals surface area contributed by atoms with Crippen LogP contribution in [0.25, 0.3) is 39.6 Å². The van der Waals surface area contributed by atoms with Crippen LogP contribution in [0.1, 0.15) is 5.56 Å². The number of aliphatic hydroxyl groups is 1. The number of carbonyl (C=O) groups is 1. The van der Waals surface area contributed by atoms with Crippen molar-refractivity contribution in [3.05, 3.63) is 103 Å². The fourth-order valence-electron chi connectivity index (χ4n) is 5.22. The average molecular weight is 502 g/mol. The van der Waals surface area contributed by atoms with E-state index in [1.165, 1.54) is 0 Å². The first-order valence-corrected chi connectivity index (χ1v) is 12.3. The number of hydrogen-bond donors (Lipinski definition) is 3. The van der Waals surface area contributed by atoms with Crippen LogP contribution in [-0.2, 0) is 10.3 Å². The summed E-state index contributed by atoms with van der Waals surface area (Å²) in [5.74, 6) is 1.54. The van der Waals surface area contributed by atoms with Gasteiger partial charge in [-0.25, -0.2) is 14.8 Å². The Morgan fingerprint density at radius 2 is 1.71 bits per heavy atom. The molecule has 186 valence electrons. The number of aliphatic hydroxyl groups excluding tert-OH is 1. The first kappa shape index (κ1) is 22.3. The van der Waals surface area contributed by atoms with Crippen molar-refractivity contribution in [2.24, 2.45) is 0 Å². The van der Waals surface area contributed by atoms with Crippen LogP contribution in [0.3, 0.4) is 0 Å². The van der Waals surface area contributed by atoms with Gasteiger partial charge in [0.25, 0.3) is 0 Å². The number of nitrogens with zero attached hydrogens (tertiary/aromatic N) is 3. The molecule has 1 saturated heterocycles. The predicted octanol–water partition coefficient (Wildman–Crippen LogP) is 5.25. The molecular weight excluding hydrogens is 478 g/mol. The summed E-state index contributed by atoms with van der Waals surface area (Å²) in [5, 5.41) is 16.3. The molecule has 0 radical (unpaired) electrons. The maximum Gasteiger partial charge on any atom is 0.408 e. The number of cyclic esters (lactones) is 1. The number of para-hydroxylation sites is 1. The van der Waals surface area contributed by atoms with Crippen molar-refractivity contribution in [1.29, 1.82) is 0 Å². The second-order valence-corrected chi connectivity index (χ2v) is 9.39. The number of fused-ring (bicyclic) bond motifs is 5. The molecule has 0 saturated carbocycles. The number of imidazole rings is 1. The van der Waals surface area contributed by atoms with Crippen molar-refractivity contribution in [1.82, 2.24) is 19.9 Å². The second-order valence-electron chi connectivity index (χ2n) is 9.39. The highest BCUT2D eigenvalue weighted by molar-refractivity contribution is 5.90. The number of alkyl carbamates (subject to hydrolysis) is 1. The van der Waals surface area contributed by atoms with Crippen molar-refractivity contribution < 1.29 is 14.6 Å². The molecule has 4 heterocycles. The standard InChI is InChI=1S/C30H23N5O3/c36-17-30(18-38-29(37)34-30)21-14-12-20(13-15-21)26-25(19-7-2-1-3-8-19)33-28-22-9-4-5-10-23(22)32-27-24(35(26)28)11-6-16-31-27/h1-16,36H,17-18H2,(H,31,32)(H,34,37). The molecule has 8 heteroatoms. The first-order chi connectivity index (χ1) is 18.7. The molecule has 0 aliphatic carbocycles. The van der Waals surface area contributed by atoms with Gasteiger partial charge < -0.3 is 20.5 Å². The van der Waals surface area contributed by atoms with Gasteiger partial charge in [0.2, 0.25) is 0 Å². The summed E-state index contributed by atoms with van der Waals surface area (Å²) in [7, 11) is 0. The van der Waals surface area contributed by atoms with Crippen molar-refractivity contribution >= 4 is 17.6 Å². The molecule has 3 N–H and O–H groups in total. The molecule has 2 aliphatic rings. The minimum atomic E-state index is -0.967. The van der Waals surface area contributed by atoms with Gasteiger partial charge in [0, 0.05) is 22.9 Å². The lowest BCUT2D eigenvalue weighted by molar-refractivity contribution is 0.145. The fraction of sp³-hybridized carbons (Fsp3) is 0.100. The van der Waals surface area contributed by atoms with Gasteiger partial charge in [-0.05, 0) is 29.8 Å². The monoisotopic (exact) mass is 501 g/mol. The lowest BCUT2D eigenvalue weighted by Gasteiger charge is -2.24. The van der Waals surface area contributed by atoms with Crippen LogP contribution < -0.4 is 10.6 Å². The predicted molar refractivity (Wildman–Crippen MR) is 144 cm³/mol. The van der Waals surface area contributed by atoms with E-state index in [0.29, 0.717) is 0 Å². The van der Waals surface area contributed by atoms with E-state index in [1.54, 1.807) is 6.20 Å². The maximum absolute atomic E-state index is 11.8. The molecular formula is C30H23N5O3. The smallest absolute Gasteiger partial charge is 0.408 e. The van der Waals surface area contributed by atoms with Gasteiger partial charge in [-0.15, -0.1) is 0 Å². The summed E-state index contributed by atoms with van der Waals surface area (Å²) in [5.41, 5.74) is 6.26. The topological polar surface area (TPSA) is 101 Å². The Morgan fingerprint density at radius 3 is 2.47 bits per heavy atom. The van der Waals surface area contributed by atoms with Crippen LogP contribution in [0, 0.1) is 0 Å². The summed E-state index contributed by atoms with van der Waals surface area (Å²) in [6.45, 7) is -0.197. The number of rotatable bonds is 4. The van der Waals surface area contributed by atoms with Gasteiger partial charge in [-0.3, -0.25) is 4.57 Å². The summed E-state index contributed by atoms with van der Waals surface area (Å²) < 4.78 is 7.27. The molecule has 8 nitrogen and oxygen atoms in total. The number of amides is 1. The highest BCUT2D eigenvalue weighted by atomic mass is 16.6. The third-order valence-electron chi connectivity index (χ3n) is 7.14. The van der Waals surface area contributed by atoms with Crippen LogP contribution in [0.5, 0.6) is 0 Å². The van der Waals surface area contributed by atoms with Crippen molar-refractivity contribution in [3.8, 4) is 39.6 Å². The van der Waals surface area contributed by atoms with Gasteiger partial charge in [0.05, 0.1) is 29.4 Å². The Hall–Kier alpha value is -4.95. The SMILES string of the molecule is O=C1NC(CO)(c2ccc(-c3c(-c4ccccc4)nc4n3-c3cccnc3Nc3ccccc3-4)cc2)CO1. The van der Waals surface area contributed by atoms with E-state index >= 15 is 0 Å². The third kappa shape index (κ3) is 3.38. The zero-order valence-corrected chi connectivity index (χ0v) is 20.3. The molecule has 0 spiro atoms. The van der Waals surface area contributed by atoms with Gasteiger partial charge >= 0.3 is 6.09 Å². The minimum absolute atomic E-state index is 0.0700. The fourth-order valence-corrected chi connectivity index (χ4v) is 5.22. The Kier molecular flexibility index (Phi) is 5.02. The van der Waals surface area contributed by atoms with Crippen molar-refractivity contribution in [2.75, 3.05) is 18.5 Å². The zero-order chi connectivity index (χ0) is 25.7. The number of hydrogen-bond acceptors (Lipinski definition) is 6. The highest BCUT2D eigenvalue weighted by Crippen LogP contribution is 2.44. The van der Waals surface area contributed by atoms with Crippen LogP contribution in [0.2, 0.25) is 0 Å². The van der Waals surface area contributed by atoms with Crippen molar-refractivity contribution in [3.63, 3.8) is 0 Å². The summed E-state index contributed by atoms with van der Waals surface area (Å²) in [6, 6.07) is 30.0. The number of pyridine rings is 1. The molecule has 0 bridgehead atoms. The van der Waals surface area contributed by atoms with E-state index in [0.717, 1.165) is 56.7 Å². The molecule has 1 amide bonds. The van der Waals surface area contributed by atoms with Crippen molar-refractivity contribution in [2.45, 2.75) is 5.54 Å². The Labute approximate surface area is 218 Å². The van der Waals surface area contributed by atoms with Gasteiger partial charge in [-0.2, -0.15) is 0 Å². The quantitative estimate of drug-likeness (QED) is 0.305. The summed E-state index contributed by atoms with van der Waals surface area (Å²) in [6.07, 6.45) is 1.24. The third-order valence-corrected chi connectivity index (χ3v) is 7.14. The number of ether oxygens (including phenoxy) is 1. The number of nitrogens with one attached hydrogen (secondary N) is 2. The maximum atomic E-state index is 11.8. The second kappa shape index (κ2) is 8.57. The zero-order valence-electron chi connectivity index (χ0n) is 20.3. The highest BCUT2D eigenvalue weighted by Gasteiger charge is 2.41.